The summed E-state index contributed by atoms with van der Waals surface area (Å²) < 4.78 is 28.0. The number of esters is 1. The van der Waals surface area contributed by atoms with Gasteiger partial charge in [-0.25, -0.2) is 8.42 Å². The molecule has 138 valence electrons. The lowest BCUT2D eigenvalue weighted by Gasteiger charge is -2.22. The van der Waals surface area contributed by atoms with Crippen molar-refractivity contribution in [3.63, 3.8) is 0 Å². The molecule has 2 rings (SSSR count). The maximum absolute atomic E-state index is 12.5. The van der Waals surface area contributed by atoms with Crippen molar-refractivity contribution < 1.29 is 22.7 Å². The molecule has 0 aromatic heterocycles. The van der Waals surface area contributed by atoms with Gasteiger partial charge in [-0.1, -0.05) is 50.6 Å². The Morgan fingerprint density at radius 3 is 2.52 bits per heavy atom. The minimum Gasteiger partial charge on any atom is -0.455 e. The first-order chi connectivity index (χ1) is 11.8. The fourth-order valence-corrected chi connectivity index (χ4v) is 4.67. The number of benzene rings is 1. The third kappa shape index (κ3) is 5.56. The van der Waals surface area contributed by atoms with Crippen molar-refractivity contribution >= 4 is 21.7 Å². The summed E-state index contributed by atoms with van der Waals surface area (Å²) in [4.78, 5) is 24.4. The van der Waals surface area contributed by atoms with E-state index in [4.69, 9.17) is 4.74 Å². The Morgan fingerprint density at radius 1 is 1.28 bits per heavy atom. The summed E-state index contributed by atoms with van der Waals surface area (Å²) in [6.07, 6.45) is 1.21. The molecule has 7 heteroatoms. The first-order valence-corrected chi connectivity index (χ1v) is 10.4. The predicted molar refractivity (Wildman–Crippen MR) is 94.8 cm³/mol. The Bertz CT molecular complexity index is 701. The van der Waals surface area contributed by atoms with Crippen molar-refractivity contribution in [1.29, 1.82) is 0 Å². The van der Waals surface area contributed by atoms with Gasteiger partial charge in [0.1, 0.15) is 0 Å². The van der Waals surface area contributed by atoms with Gasteiger partial charge < -0.3 is 10.1 Å². The van der Waals surface area contributed by atoms with Crippen LogP contribution in [0.3, 0.4) is 0 Å². The minimum absolute atomic E-state index is 0.0494. The van der Waals surface area contributed by atoms with Gasteiger partial charge in [0, 0.05) is 6.04 Å². The predicted octanol–water partition coefficient (Wildman–Crippen LogP) is 1.66. The van der Waals surface area contributed by atoms with E-state index in [9.17, 15) is 18.0 Å². The first kappa shape index (κ1) is 19.4. The molecule has 0 radical (unpaired) electrons. The number of carbonyl (C=O) groups excluding carboxylic acids is 2. The van der Waals surface area contributed by atoms with Crippen molar-refractivity contribution in [2.75, 3.05) is 18.1 Å². The molecule has 0 unspecified atom stereocenters. The van der Waals surface area contributed by atoms with Crippen molar-refractivity contribution in [2.24, 2.45) is 5.92 Å². The summed E-state index contributed by atoms with van der Waals surface area (Å²) in [6.45, 7) is 3.58. The summed E-state index contributed by atoms with van der Waals surface area (Å²) in [5.74, 6) is -1.21. The molecule has 0 aliphatic carbocycles. The molecule has 0 saturated carbocycles. The van der Waals surface area contributed by atoms with Crippen LogP contribution in [0.5, 0.6) is 0 Å². The number of amides is 1. The zero-order valence-corrected chi connectivity index (χ0v) is 15.4. The zero-order chi connectivity index (χ0) is 18.4. The average Bonchev–Trinajstić information content (AvgIpc) is 2.92. The van der Waals surface area contributed by atoms with Crippen LogP contribution >= 0.6 is 0 Å². The molecule has 1 N–H and O–H groups in total. The highest BCUT2D eigenvalue weighted by Gasteiger charge is 2.30. The van der Waals surface area contributed by atoms with E-state index in [1.54, 1.807) is 0 Å². The summed E-state index contributed by atoms with van der Waals surface area (Å²) in [5.41, 5.74) is 0.865. The van der Waals surface area contributed by atoms with E-state index in [1.807, 2.05) is 44.2 Å². The molecule has 1 aromatic carbocycles. The van der Waals surface area contributed by atoms with Crippen LogP contribution in [0.2, 0.25) is 0 Å². The molecule has 1 fully saturated rings. The summed E-state index contributed by atoms with van der Waals surface area (Å²) in [5, 5.41) is 2.62. The van der Waals surface area contributed by atoms with Gasteiger partial charge in [0.25, 0.3) is 5.91 Å². The molecule has 25 heavy (non-hydrogen) atoms. The van der Waals surface area contributed by atoms with Crippen LogP contribution < -0.4 is 5.32 Å². The molecule has 1 aliphatic rings. The number of rotatable bonds is 7. The number of carbonyl (C=O) groups is 2. The standard InChI is InChI=1S/C18H25NO5S/c1-3-13(2)17(14-7-5-4-6-8-14)18(21)24-11-16(20)19-15-9-10-25(22,23)12-15/h4-8,13,15,17H,3,9-12H2,1-2H3,(H,19,20)/t13-,15+,17+/m0/s1. The maximum Gasteiger partial charge on any atom is 0.314 e. The van der Waals surface area contributed by atoms with Gasteiger partial charge >= 0.3 is 5.97 Å². The Labute approximate surface area is 148 Å². The molecule has 0 spiro atoms. The Kier molecular flexibility index (Phi) is 6.58. The smallest absolute Gasteiger partial charge is 0.314 e. The Balaban J connectivity index is 1.91. The fourth-order valence-electron chi connectivity index (χ4n) is 3.00. The topological polar surface area (TPSA) is 89.5 Å². The molecule has 1 aromatic rings. The second-order valence-corrected chi connectivity index (χ2v) is 8.78. The lowest BCUT2D eigenvalue weighted by Crippen LogP contribution is -2.38. The number of hydrogen-bond acceptors (Lipinski definition) is 5. The highest BCUT2D eigenvalue weighted by molar-refractivity contribution is 7.91. The molecule has 0 bridgehead atoms. The normalized spacial score (nSPS) is 21.3. The highest BCUT2D eigenvalue weighted by Crippen LogP contribution is 2.28. The van der Waals surface area contributed by atoms with Crippen LogP contribution in [0, 0.1) is 5.92 Å². The van der Waals surface area contributed by atoms with Gasteiger partial charge in [0.05, 0.1) is 17.4 Å². The Morgan fingerprint density at radius 2 is 1.96 bits per heavy atom. The molecular weight excluding hydrogens is 342 g/mol. The third-order valence-corrected chi connectivity index (χ3v) is 6.34. The van der Waals surface area contributed by atoms with E-state index >= 15 is 0 Å². The second kappa shape index (κ2) is 8.47. The summed E-state index contributed by atoms with van der Waals surface area (Å²) >= 11 is 0. The van der Waals surface area contributed by atoms with Crippen LogP contribution in [0.25, 0.3) is 0 Å². The summed E-state index contributed by atoms with van der Waals surface area (Å²) in [6, 6.07) is 8.97. The number of hydrogen-bond donors (Lipinski definition) is 1. The van der Waals surface area contributed by atoms with Crippen LogP contribution in [0.4, 0.5) is 0 Å². The first-order valence-electron chi connectivity index (χ1n) is 8.53. The van der Waals surface area contributed by atoms with E-state index in [2.05, 4.69) is 5.32 Å². The SMILES string of the molecule is CC[C@H](C)[C@@H](C(=O)OCC(=O)N[C@@H]1CCS(=O)(=O)C1)c1ccccc1. The number of ether oxygens (including phenoxy) is 1. The fraction of sp³-hybridized carbons (Fsp3) is 0.556. The number of sulfone groups is 1. The maximum atomic E-state index is 12.5. The molecule has 1 heterocycles. The third-order valence-electron chi connectivity index (χ3n) is 4.57. The number of nitrogens with one attached hydrogen (secondary N) is 1. The van der Waals surface area contributed by atoms with Crippen molar-refractivity contribution in [3.05, 3.63) is 35.9 Å². The van der Waals surface area contributed by atoms with E-state index in [0.29, 0.717) is 6.42 Å². The van der Waals surface area contributed by atoms with Gasteiger partial charge in [0.2, 0.25) is 0 Å². The van der Waals surface area contributed by atoms with Gasteiger partial charge in [-0.05, 0) is 17.9 Å². The van der Waals surface area contributed by atoms with Gasteiger partial charge in [-0.3, -0.25) is 9.59 Å². The zero-order valence-electron chi connectivity index (χ0n) is 14.6. The van der Waals surface area contributed by atoms with Crippen molar-refractivity contribution in [3.8, 4) is 0 Å². The largest absolute Gasteiger partial charge is 0.455 e. The minimum atomic E-state index is -3.06. The highest BCUT2D eigenvalue weighted by atomic mass is 32.2. The van der Waals surface area contributed by atoms with Gasteiger partial charge in [-0.15, -0.1) is 0 Å². The molecule has 6 nitrogen and oxygen atoms in total. The van der Waals surface area contributed by atoms with Crippen molar-refractivity contribution in [1.82, 2.24) is 5.32 Å². The van der Waals surface area contributed by atoms with Crippen LogP contribution in [0.15, 0.2) is 30.3 Å². The average molecular weight is 367 g/mol. The molecule has 1 aliphatic heterocycles. The lowest BCUT2D eigenvalue weighted by molar-refractivity contribution is -0.151. The molecule has 1 saturated heterocycles. The molecule has 3 atom stereocenters. The van der Waals surface area contributed by atoms with Crippen LogP contribution in [-0.4, -0.2) is 44.4 Å². The van der Waals surface area contributed by atoms with E-state index < -0.39 is 40.3 Å². The molecule has 1 amide bonds. The Hall–Kier alpha value is -1.89. The summed E-state index contributed by atoms with van der Waals surface area (Å²) in [7, 11) is -3.06. The van der Waals surface area contributed by atoms with E-state index in [-0.39, 0.29) is 17.4 Å². The quantitative estimate of drug-likeness (QED) is 0.741. The van der Waals surface area contributed by atoms with Gasteiger partial charge in [0.15, 0.2) is 16.4 Å². The molecular formula is C18H25NO5S. The second-order valence-electron chi connectivity index (χ2n) is 6.55. The van der Waals surface area contributed by atoms with Crippen LogP contribution in [-0.2, 0) is 24.2 Å². The van der Waals surface area contributed by atoms with E-state index in [1.165, 1.54) is 0 Å². The monoisotopic (exact) mass is 367 g/mol. The van der Waals surface area contributed by atoms with E-state index in [0.717, 1.165) is 12.0 Å². The van der Waals surface area contributed by atoms with Gasteiger partial charge in [-0.2, -0.15) is 0 Å². The van der Waals surface area contributed by atoms with Crippen molar-refractivity contribution in [2.45, 2.75) is 38.6 Å². The van der Waals surface area contributed by atoms with Crippen LogP contribution in [0.1, 0.15) is 38.2 Å². The lowest BCUT2D eigenvalue weighted by atomic mass is 9.86.